The van der Waals surface area contributed by atoms with Crippen LogP contribution < -0.4 is 16.8 Å². The lowest BCUT2D eigenvalue weighted by molar-refractivity contribution is -0.160. The lowest BCUT2D eigenvalue weighted by Crippen LogP contribution is -2.62. The number of carbonyl (C=O) groups excluding carboxylic acids is 3. The molecule has 0 bridgehead atoms. The van der Waals surface area contributed by atoms with Gasteiger partial charge in [-0.3, -0.25) is 14.4 Å². The van der Waals surface area contributed by atoms with E-state index in [0.29, 0.717) is 31.0 Å². The number of amides is 2. The molecule has 0 aromatic carbocycles. The minimum atomic E-state index is -1.12. The number of carbonyl (C=O) groups is 4. The smallest absolute Gasteiger partial charge is 0.353 e. The molecule has 33 heavy (non-hydrogen) atoms. The largest absolute Gasteiger partial charge is 0.477 e. The Morgan fingerprint density at radius 3 is 2.67 bits per heavy atom. The number of thioether (sulfide) groups is 1. The fourth-order valence-electron chi connectivity index (χ4n) is 5.70. The number of nitrogens with zero attached hydrogens (tertiary/aromatic N) is 2. The number of ketones is 1. The maximum Gasteiger partial charge on any atom is 0.353 e. The van der Waals surface area contributed by atoms with Crippen LogP contribution in [0.2, 0.25) is 0 Å². The second-order valence-corrected chi connectivity index (χ2v) is 11.1. The van der Waals surface area contributed by atoms with Crippen LogP contribution in [0.5, 0.6) is 0 Å². The summed E-state index contributed by atoms with van der Waals surface area (Å²) in [5, 5.41) is 13.2. The van der Waals surface area contributed by atoms with E-state index in [1.807, 2.05) is 13.8 Å². The molecule has 2 amide bonds. The number of hydrogen-bond acceptors (Lipinski definition) is 8. The Morgan fingerprint density at radius 1 is 1.33 bits per heavy atom. The van der Waals surface area contributed by atoms with E-state index in [2.05, 4.69) is 5.32 Å². The Kier molecular flexibility index (Phi) is 6.86. The molecule has 3 saturated heterocycles. The maximum atomic E-state index is 12.9. The summed E-state index contributed by atoms with van der Waals surface area (Å²) in [6.45, 7) is 5.58. The van der Waals surface area contributed by atoms with E-state index in [9.17, 15) is 24.3 Å². The summed E-state index contributed by atoms with van der Waals surface area (Å²) in [5.74, 6) is -2.14. The molecule has 4 aliphatic rings. The lowest BCUT2D eigenvalue weighted by atomic mass is 9.73. The molecule has 4 aliphatic heterocycles. The molecular formula is C22H33N5O5S. The Bertz CT molecular complexity index is 894. The van der Waals surface area contributed by atoms with Crippen LogP contribution in [0.3, 0.4) is 0 Å². The number of nitrogens with two attached hydrogens (primary N) is 2. The highest BCUT2D eigenvalue weighted by Crippen LogP contribution is 2.53. The van der Waals surface area contributed by atoms with Crippen LogP contribution in [-0.4, -0.2) is 88.0 Å². The van der Waals surface area contributed by atoms with Gasteiger partial charge in [0.05, 0.1) is 24.5 Å². The molecule has 182 valence electrons. The molecule has 0 aromatic rings. The highest BCUT2D eigenvalue weighted by molar-refractivity contribution is 8.03. The van der Waals surface area contributed by atoms with Gasteiger partial charge in [0.1, 0.15) is 11.5 Å². The van der Waals surface area contributed by atoms with Gasteiger partial charge in [0.25, 0.3) is 0 Å². The zero-order valence-corrected chi connectivity index (χ0v) is 19.8. The summed E-state index contributed by atoms with van der Waals surface area (Å²) in [4.78, 5) is 53.5. The van der Waals surface area contributed by atoms with Crippen LogP contribution in [0.4, 0.5) is 0 Å². The summed E-state index contributed by atoms with van der Waals surface area (Å²) in [6, 6.07) is -0.530. The molecule has 0 aliphatic carbocycles. The monoisotopic (exact) mass is 479 g/mol. The Morgan fingerprint density at radius 2 is 2.06 bits per heavy atom. The van der Waals surface area contributed by atoms with Gasteiger partial charge in [0.15, 0.2) is 0 Å². The number of hydrogen-bond donors (Lipinski definition) is 4. The predicted octanol–water partition coefficient (Wildman–Crippen LogP) is -0.663. The van der Waals surface area contributed by atoms with Crippen molar-refractivity contribution in [3.63, 3.8) is 0 Å². The van der Waals surface area contributed by atoms with Gasteiger partial charge in [-0.1, -0.05) is 13.8 Å². The van der Waals surface area contributed by atoms with E-state index >= 15 is 0 Å². The van der Waals surface area contributed by atoms with Crippen molar-refractivity contribution in [1.82, 2.24) is 15.1 Å². The fraction of sp³-hybridized carbons (Fsp3) is 0.727. The van der Waals surface area contributed by atoms with Crippen molar-refractivity contribution in [3.8, 4) is 0 Å². The first-order valence-corrected chi connectivity index (χ1v) is 12.5. The van der Waals surface area contributed by atoms with E-state index in [4.69, 9.17) is 11.5 Å². The number of aliphatic carboxylic acids is 1. The number of fused-ring (bicyclic) bond motifs is 1. The van der Waals surface area contributed by atoms with Crippen molar-refractivity contribution >= 4 is 35.3 Å². The van der Waals surface area contributed by atoms with Gasteiger partial charge in [0, 0.05) is 48.2 Å². The van der Waals surface area contributed by atoms with Crippen molar-refractivity contribution < 1.29 is 24.3 Å². The third-order valence-electron chi connectivity index (χ3n) is 7.40. The third-order valence-corrected chi connectivity index (χ3v) is 8.91. The van der Waals surface area contributed by atoms with Crippen LogP contribution >= 0.6 is 11.8 Å². The SMILES string of the molecule is CC(CC(=O)CN)[C@H]1C(=O)N2C(C(=O)O)=C(S[C@@H]3CN[C@H](C(=O)N4CCC(N)C4)C3)[C@H](C)[C@H]12. The average Bonchev–Trinajstić information content (AvgIpc) is 3.46. The highest BCUT2D eigenvalue weighted by Gasteiger charge is 2.60. The Hall–Kier alpha value is -1.95. The van der Waals surface area contributed by atoms with Crippen molar-refractivity contribution in [2.45, 2.75) is 56.5 Å². The summed E-state index contributed by atoms with van der Waals surface area (Å²) in [5.41, 5.74) is 11.4. The molecular weight excluding hydrogens is 446 g/mol. The van der Waals surface area contributed by atoms with E-state index in [-0.39, 0.29) is 71.5 Å². The normalized spacial score (nSPS) is 34.5. The van der Waals surface area contributed by atoms with Crippen LogP contribution in [0.1, 0.15) is 33.1 Å². The Labute approximate surface area is 197 Å². The molecule has 0 aromatic heterocycles. The van der Waals surface area contributed by atoms with Gasteiger partial charge in [-0.2, -0.15) is 0 Å². The maximum absolute atomic E-state index is 12.9. The van der Waals surface area contributed by atoms with Crippen LogP contribution in [0.25, 0.3) is 0 Å². The number of nitrogens with one attached hydrogen (secondary N) is 1. The van der Waals surface area contributed by atoms with Gasteiger partial charge in [-0.15, -0.1) is 11.8 Å². The Balaban J connectivity index is 1.44. The number of Topliss-reactive ketones (excluding diaryl/α,β-unsaturated/α-hetero) is 1. The molecule has 2 unspecified atom stereocenters. The second kappa shape index (κ2) is 9.36. The minimum absolute atomic E-state index is 0.0284. The molecule has 4 heterocycles. The van der Waals surface area contributed by atoms with Crippen LogP contribution in [-0.2, 0) is 19.2 Å². The van der Waals surface area contributed by atoms with Crippen molar-refractivity contribution in [2.75, 3.05) is 26.2 Å². The number of rotatable bonds is 8. The molecule has 4 rings (SSSR count). The fourth-order valence-corrected chi connectivity index (χ4v) is 7.18. The number of β-lactam (4-membered cyclic amide) rings is 1. The molecule has 0 spiro atoms. The molecule has 11 heteroatoms. The lowest BCUT2D eigenvalue weighted by Gasteiger charge is -2.47. The third kappa shape index (κ3) is 4.31. The standard InChI is InChI=1S/C22H33N5O5S/c1-10(5-13(28)7-23)16-17-11(2)19(18(22(31)32)27(17)21(16)30)33-14-6-15(25-8-14)20(29)26-4-3-12(24)9-26/h10-12,14-17,25H,3-9,23-24H2,1-2H3,(H,31,32)/t10?,11-,12?,14+,15+,16-,17-/m1/s1. The van der Waals surface area contributed by atoms with E-state index < -0.39 is 11.9 Å². The van der Waals surface area contributed by atoms with Crippen molar-refractivity contribution in [3.05, 3.63) is 10.6 Å². The van der Waals surface area contributed by atoms with Gasteiger partial charge in [-0.05, 0) is 18.8 Å². The molecule has 0 radical (unpaired) electrons. The van der Waals surface area contributed by atoms with E-state index in [1.165, 1.54) is 16.7 Å². The first-order chi connectivity index (χ1) is 15.6. The summed E-state index contributed by atoms with van der Waals surface area (Å²) >= 11 is 1.47. The van der Waals surface area contributed by atoms with Gasteiger partial charge >= 0.3 is 5.97 Å². The molecule has 7 atom stereocenters. The van der Waals surface area contributed by atoms with Crippen LogP contribution in [0.15, 0.2) is 10.6 Å². The number of carboxylic acid groups (broad SMARTS) is 1. The zero-order chi connectivity index (χ0) is 24.0. The van der Waals surface area contributed by atoms with E-state index in [1.54, 1.807) is 4.90 Å². The molecule has 6 N–H and O–H groups in total. The minimum Gasteiger partial charge on any atom is -0.477 e. The zero-order valence-electron chi connectivity index (χ0n) is 19.0. The predicted molar refractivity (Wildman–Crippen MR) is 123 cm³/mol. The molecule has 0 saturated carbocycles. The summed E-state index contributed by atoms with van der Waals surface area (Å²) < 4.78 is 0. The number of likely N-dealkylation sites (tertiary alicyclic amines) is 1. The first-order valence-electron chi connectivity index (χ1n) is 11.6. The number of carboxylic acids is 1. The topological polar surface area (TPSA) is 159 Å². The second-order valence-electron chi connectivity index (χ2n) is 9.72. The molecule has 10 nitrogen and oxygen atoms in total. The first kappa shape index (κ1) is 24.2. The summed E-state index contributed by atoms with van der Waals surface area (Å²) in [6.07, 6.45) is 1.62. The average molecular weight is 480 g/mol. The van der Waals surface area contributed by atoms with Crippen molar-refractivity contribution in [2.24, 2.45) is 29.2 Å². The van der Waals surface area contributed by atoms with Gasteiger partial charge in [-0.25, -0.2) is 4.79 Å². The van der Waals surface area contributed by atoms with Crippen molar-refractivity contribution in [1.29, 1.82) is 0 Å². The van der Waals surface area contributed by atoms with Crippen LogP contribution in [0, 0.1) is 17.8 Å². The highest BCUT2D eigenvalue weighted by atomic mass is 32.2. The quantitative estimate of drug-likeness (QED) is 0.331. The van der Waals surface area contributed by atoms with E-state index in [0.717, 1.165) is 6.42 Å². The molecule has 3 fully saturated rings. The summed E-state index contributed by atoms with van der Waals surface area (Å²) in [7, 11) is 0. The van der Waals surface area contributed by atoms with Gasteiger partial charge < -0.3 is 31.7 Å². The van der Waals surface area contributed by atoms with Gasteiger partial charge in [0.2, 0.25) is 11.8 Å².